The van der Waals surface area contributed by atoms with Crippen molar-refractivity contribution in [3.8, 4) is 5.75 Å². The lowest BCUT2D eigenvalue weighted by atomic mass is 10.1. The second-order valence-corrected chi connectivity index (χ2v) is 4.66. The number of ether oxygens (including phenoxy) is 2. The van der Waals surface area contributed by atoms with Crippen molar-refractivity contribution in [2.75, 3.05) is 13.2 Å². The zero-order valence-corrected chi connectivity index (χ0v) is 10.5. The average Bonchev–Trinajstić information content (AvgIpc) is 2.78. The summed E-state index contributed by atoms with van der Waals surface area (Å²) in [5, 5.41) is 9.68. The zero-order chi connectivity index (χ0) is 12.3. The normalized spacial score (nSPS) is 21.5. The lowest BCUT2D eigenvalue weighted by Crippen LogP contribution is -2.17. The quantitative estimate of drug-likeness (QED) is 0.873. The van der Waals surface area contributed by atoms with Crippen molar-refractivity contribution in [1.29, 1.82) is 0 Å². The third-order valence-corrected chi connectivity index (χ3v) is 3.07. The summed E-state index contributed by atoms with van der Waals surface area (Å²) in [5.74, 6) is 0.774. The maximum absolute atomic E-state index is 9.68. The van der Waals surface area contributed by atoms with Gasteiger partial charge in [-0.05, 0) is 38.3 Å². The van der Waals surface area contributed by atoms with Gasteiger partial charge in [-0.25, -0.2) is 0 Å². The van der Waals surface area contributed by atoms with Gasteiger partial charge >= 0.3 is 0 Å². The van der Waals surface area contributed by atoms with Crippen LogP contribution >= 0.6 is 0 Å². The Morgan fingerprint density at radius 3 is 3.00 bits per heavy atom. The van der Waals surface area contributed by atoms with Crippen molar-refractivity contribution in [2.45, 2.75) is 38.9 Å². The van der Waals surface area contributed by atoms with Gasteiger partial charge in [0.15, 0.2) is 0 Å². The minimum atomic E-state index is -0.505. The van der Waals surface area contributed by atoms with Gasteiger partial charge in [0.2, 0.25) is 0 Å². The maximum atomic E-state index is 9.68. The Hall–Kier alpha value is -1.06. The fourth-order valence-electron chi connectivity index (χ4n) is 2.07. The van der Waals surface area contributed by atoms with Crippen LogP contribution in [-0.4, -0.2) is 24.4 Å². The molecule has 1 heterocycles. The van der Waals surface area contributed by atoms with E-state index in [0.717, 1.165) is 36.3 Å². The third-order valence-electron chi connectivity index (χ3n) is 3.07. The Kier molecular flexibility index (Phi) is 4.02. The molecule has 2 rings (SSSR count). The van der Waals surface area contributed by atoms with Gasteiger partial charge in [0.05, 0.1) is 12.2 Å². The van der Waals surface area contributed by atoms with Gasteiger partial charge in [-0.15, -0.1) is 0 Å². The van der Waals surface area contributed by atoms with E-state index in [1.165, 1.54) is 0 Å². The molecule has 1 aromatic carbocycles. The second kappa shape index (κ2) is 5.52. The largest absolute Gasteiger partial charge is 0.490 e. The molecule has 94 valence electrons. The van der Waals surface area contributed by atoms with Gasteiger partial charge in [0, 0.05) is 12.2 Å². The summed E-state index contributed by atoms with van der Waals surface area (Å²) >= 11 is 0. The van der Waals surface area contributed by atoms with Gasteiger partial charge in [-0.3, -0.25) is 0 Å². The molecule has 1 aromatic rings. The Bertz CT molecular complexity index is 368. The molecule has 0 spiro atoms. The molecule has 0 aromatic heterocycles. The lowest BCUT2D eigenvalue weighted by Gasteiger charge is -2.16. The van der Waals surface area contributed by atoms with Crippen molar-refractivity contribution >= 4 is 0 Å². The number of aryl methyl sites for hydroxylation is 1. The van der Waals surface area contributed by atoms with Crippen LogP contribution in [0.4, 0.5) is 0 Å². The molecular formula is C14H20O3. The molecule has 2 unspecified atom stereocenters. The van der Waals surface area contributed by atoms with E-state index >= 15 is 0 Å². The molecule has 0 aliphatic carbocycles. The summed E-state index contributed by atoms with van der Waals surface area (Å²) in [6, 6.07) is 5.88. The van der Waals surface area contributed by atoms with Crippen molar-refractivity contribution in [3.63, 3.8) is 0 Å². The first kappa shape index (κ1) is 12.4. The van der Waals surface area contributed by atoms with Crippen molar-refractivity contribution < 1.29 is 14.6 Å². The van der Waals surface area contributed by atoms with Crippen LogP contribution in [0.1, 0.15) is 37.0 Å². The summed E-state index contributed by atoms with van der Waals surface area (Å²) in [5.41, 5.74) is 1.98. The number of hydrogen-bond donors (Lipinski definition) is 1. The van der Waals surface area contributed by atoms with Crippen LogP contribution in [0.2, 0.25) is 0 Å². The smallest absolute Gasteiger partial charge is 0.125 e. The highest BCUT2D eigenvalue weighted by Crippen LogP contribution is 2.27. The molecule has 3 heteroatoms. The van der Waals surface area contributed by atoms with Crippen molar-refractivity contribution in [1.82, 2.24) is 0 Å². The number of aliphatic hydroxyl groups excluding tert-OH is 1. The van der Waals surface area contributed by atoms with Crippen LogP contribution in [-0.2, 0) is 4.74 Å². The van der Waals surface area contributed by atoms with Crippen LogP contribution < -0.4 is 4.74 Å². The summed E-state index contributed by atoms with van der Waals surface area (Å²) in [6.07, 6.45) is 1.88. The fourth-order valence-corrected chi connectivity index (χ4v) is 2.07. The van der Waals surface area contributed by atoms with E-state index in [4.69, 9.17) is 9.47 Å². The SMILES string of the molecule is Cc1ccc(C(C)O)c(OCC2CCCO2)c1. The third kappa shape index (κ3) is 3.20. The molecule has 17 heavy (non-hydrogen) atoms. The summed E-state index contributed by atoms with van der Waals surface area (Å²) < 4.78 is 11.3. The molecule has 1 aliphatic rings. The standard InChI is InChI=1S/C14H20O3/c1-10-5-6-13(11(2)15)14(8-10)17-9-12-4-3-7-16-12/h5-6,8,11-12,15H,3-4,7,9H2,1-2H3. The maximum Gasteiger partial charge on any atom is 0.125 e. The molecule has 0 radical (unpaired) electrons. The number of aliphatic hydroxyl groups is 1. The summed E-state index contributed by atoms with van der Waals surface area (Å²) in [4.78, 5) is 0. The van der Waals surface area contributed by atoms with E-state index in [1.807, 2.05) is 25.1 Å². The number of hydrogen-bond acceptors (Lipinski definition) is 3. The van der Waals surface area contributed by atoms with Gasteiger partial charge < -0.3 is 14.6 Å². The molecule has 0 amide bonds. The molecule has 0 saturated carbocycles. The highest BCUT2D eigenvalue weighted by molar-refractivity contribution is 5.38. The topological polar surface area (TPSA) is 38.7 Å². The Balaban J connectivity index is 2.04. The molecule has 0 bridgehead atoms. The van der Waals surface area contributed by atoms with E-state index in [9.17, 15) is 5.11 Å². The monoisotopic (exact) mass is 236 g/mol. The first-order chi connectivity index (χ1) is 8.16. The van der Waals surface area contributed by atoms with E-state index < -0.39 is 6.10 Å². The second-order valence-electron chi connectivity index (χ2n) is 4.66. The van der Waals surface area contributed by atoms with Crippen molar-refractivity contribution in [3.05, 3.63) is 29.3 Å². The van der Waals surface area contributed by atoms with Crippen molar-refractivity contribution in [2.24, 2.45) is 0 Å². The van der Waals surface area contributed by atoms with Crippen LogP contribution in [0, 0.1) is 6.92 Å². The van der Waals surface area contributed by atoms with Gasteiger partial charge in [0.1, 0.15) is 12.4 Å². The first-order valence-corrected chi connectivity index (χ1v) is 6.20. The van der Waals surface area contributed by atoms with Gasteiger partial charge in [-0.2, -0.15) is 0 Å². The van der Waals surface area contributed by atoms with E-state index in [-0.39, 0.29) is 6.10 Å². The van der Waals surface area contributed by atoms with E-state index in [0.29, 0.717) is 6.61 Å². The minimum Gasteiger partial charge on any atom is -0.490 e. The molecular weight excluding hydrogens is 216 g/mol. The molecule has 2 atom stereocenters. The van der Waals surface area contributed by atoms with E-state index in [1.54, 1.807) is 6.92 Å². The molecule has 1 fully saturated rings. The summed E-state index contributed by atoms with van der Waals surface area (Å²) in [6.45, 7) is 5.18. The minimum absolute atomic E-state index is 0.206. The molecule has 3 nitrogen and oxygen atoms in total. The lowest BCUT2D eigenvalue weighted by molar-refractivity contribution is 0.0664. The van der Waals surface area contributed by atoms with Crippen LogP contribution in [0.3, 0.4) is 0 Å². The molecule has 1 N–H and O–H groups in total. The molecule has 1 saturated heterocycles. The Labute approximate surface area is 102 Å². The molecule has 1 aliphatic heterocycles. The summed E-state index contributed by atoms with van der Waals surface area (Å²) in [7, 11) is 0. The van der Waals surface area contributed by atoms with Gasteiger partial charge in [0.25, 0.3) is 0 Å². The highest BCUT2D eigenvalue weighted by atomic mass is 16.5. The Morgan fingerprint density at radius 1 is 1.53 bits per heavy atom. The van der Waals surface area contributed by atoms with E-state index in [2.05, 4.69) is 0 Å². The number of rotatable bonds is 4. The van der Waals surface area contributed by atoms with Crippen LogP contribution in [0.25, 0.3) is 0 Å². The number of benzene rings is 1. The van der Waals surface area contributed by atoms with Crippen LogP contribution in [0.15, 0.2) is 18.2 Å². The van der Waals surface area contributed by atoms with Crippen LogP contribution in [0.5, 0.6) is 5.75 Å². The fraction of sp³-hybridized carbons (Fsp3) is 0.571. The zero-order valence-electron chi connectivity index (χ0n) is 10.5. The average molecular weight is 236 g/mol. The predicted octanol–water partition coefficient (Wildman–Crippen LogP) is 2.61. The Morgan fingerprint density at radius 2 is 2.35 bits per heavy atom. The predicted molar refractivity (Wildman–Crippen MR) is 66.3 cm³/mol. The first-order valence-electron chi connectivity index (χ1n) is 6.20. The van der Waals surface area contributed by atoms with Gasteiger partial charge in [-0.1, -0.05) is 12.1 Å². The highest BCUT2D eigenvalue weighted by Gasteiger charge is 2.17.